The number of ether oxygens (including phenoxy) is 1. The van der Waals surface area contributed by atoms with Gasteiger partial charge in [-0.3, -0.25) is 9.59 Å². The average molecular weight is 359 g/mol. The molecule has 0 saturated heterocycles. The summed E-state index contributed by atoms with van der Waals surface area (Å²) in [6.07, 6.45) is 0.658. The lowest BCUT2D eigenvalue weighted by molar-refractivity contribution is -0.140. The number of carbonyl (C=O) groups excluding carboxylic acids is 3. The monoisotopic (exact) mass is 359 g/mol. The molecule has 0 aliphatic heterocycles. The van der Waals surface area contributed by atoms with E-state index in [-0.39, 0.29) is 30.1 Å². The van der Waals surface area contributed by atoms with E-state index in [0.717, 1.165) is 0 Å². The van der Waals surface area contributed by atoms with Crippen LogP contribution in [-0.2, 0) is 9.59 Å². The second-order valence-electron chi connectivity index (χ2n) is 5.23. The van der Waals surface area contributed by atoms with E-state index in [1.54, 1.807) is 25.1 Å². The van der Waals surface area contributed by atoms with Gasteiger partial charge in [0.1, 0.15) is 23.8 Å². The lowest BCUT2D eigenvalue weighted by atomic mass is 10.1. The Morgan fingerprint density at radius 2 is 2.04 bits per heavy atom. The number of carboxylic acid groups (broad SMARTS) is 1. The molecular weight excluding hydrogens is 342 g/mol. The van der Waals surface area contributed by atoms with Gasteiger partial charge in [0, 0.05) is 12.0 Å². The van der Waals surface area contributed by atoms with Crippen LogP contribution in [0.3, 0.4) is 0 Å². The summed E-state index contributed by atoms with van der Waals surface area (Å²) in [6.45, 7) is 2.01. The van der Waals surface area contributed by atoms with E-state index in [0.29, 0.717) is 23.9 Å². The van der Waals surface area contributed by atoms with Crippen LogP contribution in [0.1, 0.15) is 34.3 Å². The van der Waals surface area contributed by atoms with Gasteiger partial charge in [0.15, 0.2) is 12.0 Å². The Morgan fingerprint density at radius 1 is 1.27 bits per heavy atom. The molecule has 1 heterocycles. The van der Waals surface area contributed by atoms with Gasteiger partial charge in [0.25, 0.3) is 5.91 Å². The van der Waals surface area contributed by atoms with Crippen LogP contribution in [0.4, 0.5) is 0 Å². The first kappa shape index (κ1) is 18.9. The zero-order chi connectivity index (χ0) is 19.1. The third-order valence-corrected chi connectivity index (χ3v) is 3.49. The van der Waals surface area contributed by atoms with Crippen molar-refractivity contribution in [2.24, 2.45) is 0 Å². The van der Waals surface area contributed by atoms with Crippen LogP contribution in [0.2, 0.25) is 0 Å². The SMILES string of the molecule is CCOc1cc(-c2ccc(C=O)o2)ccc1C(=O)NC(CC=O)C(=O)O. The zero-order valence-electron chi connectivity index (χ0n) is 13.9. The summed E-state index contributed by atoms with van der Waals surface area (Å²) in [5, 5.41) is 11.3. The van der Waals surface area contributed by atoms with Crippen LogP contribution in [0, 0.1) is 0 Å². The Hall–Kier alpha value is -3.42. The van der Waals surface area contributed by atoms with E-state index < -0.39 is 17.9 Å². The number of benzene rings is 1. The van der Waals surface area contributed by atoms with Crippen molar-refractivity contribution in [2.75, 3.05) is 6.61 Å². The van der Waals surface area contributed by atoms with Crippen molar-refractivity contribution in [1.29, 1.82) is 0 Å². The summed E-state index contributed by atoms with van der Waals surface area (Å²) < 4.78 is 10.8. The Labute approximate surface area is 148 Å². The Morgan fingerprint density at radius 3 is 2.62 bits per heavy atom. The number of aliphatic carboxylic acids is 1. The quantitative estimate of drug-likeness (QED) is 0.656. The summed E-state index contributed by atoms with van der Waals surface area (Å²) in [5.41, 5.74) is 0.704. The molecule has 1 atom stereocenters. The van der Waals surface area contributed by atoms with Crippen LogP contribution in [0.25, 0.3) is 11.3 Å². The first-order chi connectivity index (χ1) is 12.5. The number of furan rings is 1. The molecule has 26 heavy (non-hydrogen) atoms. The molecule has 1 amide bonds. The summed E-state index contributed by atoms with van der Waals surface area (Å²) in [7, 11) is 0. The van der Waals surface area contributed by atoms with Crippen molar-refractivity contribution in [3.8, 4) is 17.1 Å². The fourth-order valence-electron chi connectivity index (χ4n) is 2.26. The van der Waals surface area contributed by atoms with Gasteiger partial charge in [0.2, 0.25) is 0 Å². The zero-order valence-corrected chi connectivity index (χ0v) is 13.9. The van der Waals surface area contributed by atoms with Gasteiger partial charge in [-0.25, -0.2) is 4.79 Å². The van der Waals surface area contributed by atoms with Gasteiger partial charge >= 0.3 is 5.97 Å². The molecule has 0 aliphatic rings. The predicted octanol–water partition coefficient (Wildman–Crippen LogP) is 1.93. The number of aldehydes is 2. The van der Waals surface area contributed by atoms with E-state index >= 15 is 0 Å². The predicted molar refractivity (Wildman–Crippen MR) is 90.3 cm³/mol. The van der Waals surface area contributed by atoms with Gasteiger partial charge in [-0.2, -0.15) is 0 Å². The third kappa shape index (κ3) is 4.35. The van der Waals surface area contributed by atoms with Crippen LogP contribution in [0.5, 0.6) is 5.75 Å². The lowest BCUT2D eigenvalue weighted by Gasteiger charge is -2.15. The average Bonchev–Trinajstić information content (AvgIpc) is 3.10. The largest absolute Gasteiger partial charge is 0.493 e. The molecule has 0 saturated carbocycles. The molecule has 8 nitrogen and oxygen atoms in total. The number of carboxylic acids is 1. The highest BCUT2D eigenvalue weighted by molar-refractivity contribution is 5.99. The highest BCUT2D eigenvalue weighted by Crippen LogP contribution is 2.29. The van der Waals surface area contributed by atoms with E-state index in [4.69, 9.17) is 14.3 Å². The van der Waals surface area contributed by atoms with Crippen molar-refractivity contribution in [3.63, 3.8) is 0 Å². The Balaban J connectivity index is 2.32. The molecule has 136 valence electrons. The molecule has 2 N–H and O–H groups in total. The first-order valence-electron chi connectivity index (χ1n) is 7.79. The molecule has 0 spiro atoms. The van der Waals surface area contributed by atoms with Crippen LogP contribution >= 0.6 is 0 Å². The minimum absolute atomic E-state index is 0.120. The first-order valence-corrected chi connectivity index (χ1v) is 7.79. The maximum Gasteiger partial charge on any atom is 0.326 e. The van der Waals surface area contributed by atoms with Crippen LogP contribution < -0.4 is 10.1 Å². The number of carbonyl (C=O) groups is 4. The van der Waals surface area contributed by atoms with Crippen molar-refractivity contribution in [1.82, 2.24) is 5.32 Å². The second-order valence-corrected chi connectivity index (χ2v) is 5.23. The van der Waals surface area contributed by atoms with E-state index in [2.05, 4.69) is 5.32 Å². The summed E-state index contributed by atoms with van der Waals surface area (Å²) in [4.78, 5) is 44.8. The van der Waals surface area contributed by atoms with E-state index in [9.17, 15) is 19.2 Å². The molecule has 1 unspecified atom stereocenters. The van der Waals surface area contributed by atoms with Crippen LogP contribution in [-0.4, -0.2) is 42.2 Å². The Kier molecular flexibility index (Phi) is 6.26. The van der Waals surface area contributed by atoms with Crippen molar-refractivity contribution in [3.05, 3.63) is 41.7 Å². The maximum atomic E-state index is 12.4. The second kappa shape index (κ2) is 8.61. The molecule has 0 aliphatic carbocycles. The Bertz CT molecular complexity index is 825. The van der Waals surface area contributed by atoms with Gasteiger partial charge in [-0.05, 0) is 31.2 Å². The lowest BCUT2D eigenvalue weighted by Crippen LogP contribution is -2.41. The van der Waals surface area contributed by atoms with E-state index in [1.807, 2.05) is 0 Å². The number of amides is 1. The number of nitrogens with one attached hydrogen (secondary N) is 1. The summed E-state index contributed by atoms with van der Waals surface area (Å²) in [5.74, 6) is -1.18. The minimum atomic E-state index is -1.32. The van der Waals surface area contributed by atoms with Gasteiger partial charge in [-0.15, -0.1) is 0 Å². The summed E-state index contributed by atoms with van der Waals surface area (Å²) >= 11 is 0. The van der Waals surface area contributed by atoms with Gasteiger partial charge in [-0.1, -0.05) is 6.07 Å². The molecule has 0 fully saturated rings. The molecule has 2 rings (SSSR count). The topological polar surface area (TPSA) is 123 Å². The van der Waals surface area contributed by atoms with Gasteiger partial charge in [0.05, 0.1) is 12.2 Å². The highest BCUT2D eigenvalue weighted by Gasteiger charge is 2.22. The molecule has 2 aromatic rings. The molecular formula is C18H17NO7. The highest BCUT2D eigenvalue weighted by atomic mass is 16.5. The third-order valence-electron chi connectivity index (χ3n) is 3.49. The number of rotatable bonds is 9. The molecule has 1 aromatic heterocycles. The number of hydrogen-bond acceptors (Lipinski definition) is 6. The molecule has 0 bridgehead atoms. The smallest absolute Gasteiger partial charge is 0.326 e. The fourth-order valence-corrected chi connectivity index (χ4v) is 2.26. The van der Waals surface area contributed by atoms with Crippen molar-refractivity contribution in [2.45, 2.75) is 19.4 Å². The van der Waals surface area contributed by atoms with E-state index in [1.165, 1.54) is 12.1 Å². The normalized spacial score (nSPS) is 11.4. The molecule has 1 aromatic carbocycles. The van der Waals surface area contributed by atoms with Crippen molar-refractivity contribution < 1.29 is 33.4 Å². The van der Waals surface area contributed by atoms with Crippen LogP contribution in [0.15, 0.2) is 34.7 Å². The molecule has 0 radical (unpaired) electrons. The number of hydrogen-bond donors (Lipinski definition) is 2. The summed E-state index contributed by atoms with van der Waals surface area (Å²) in [6, 6.07) is 6.40. The maximum absolute atomic E-state index is 12.4. The standard InChI is InChI=1S/C18H17NO7/c1-2-25-16-9-11(15-6-4-12(10-21)26-15)3-5-13(16)17(22)19-14(7-8-20)18(23)24/h3-6,8-10,14H,2,7H2,1H3,(H,19,22)(H,23,24). The van der Waals surface area contributed by atoms with Crippen molar-refractivity contribution >= 4 is 24.4 Å². The fraction of sp³-hybridized carbons (Fsp3) is 0.222. The van der Waals surface area contributed by atoms with Gasteiger partial charge < -0.3 is 24.4 Å². The molecule has 8 heteroatoms. The minimum Gasteiger partial charge on any atom is -0.493 e.